The van der Waals surface area contributed by atoms with Crippen LogP contribution in [0.2, 0.25) is 0 Å². The van der Waals surface area contributed by atoms with Gasteiger partial charge in [-0.15, -0.1) is 0 Å². The predicted octanol–water partition coefficient (Wildman–Crippen LogP) is 3.13. The minimum atomic E-state index is -3.27. The van der Waals surface area contributed by atoms with Gasteiger partial charge < -0.3 is 4.90 Å². The molecule has 0 aliphatic carbocycles. The van der Waals surface area contributed by atoms with Gasteiger partial charge in [-0.1, -0.05) is 42.5 Å². The van der Waals surface area contributed by atoms with Crippen molar-refractivity contribution < 1.29 is 18.0 Å². The Hall–Kier alpha value is -2.93. The van der Waals surface area contributed by atoms with Crippen LogP contribution in [0.25, 0.3) is 6.08 Å². The lowest BCUT2D eigenvalue weighted by atomic mass is 10.0. The normalized spacial score (nSPS) is 20.2. The van der Waals surface area contributed by atoms with Crippen molar-refractivity contribution in [2.24, 2.45) is 0 Å². The van der Waals surface area contributed by atoms with E-state index >= 15 is 0 Å². The standard InChI is InChI=1S/C21H22N2O4S/c1-15-20(17-7-5-4-6-8-17)23(21(25)22(15)2)19(24)14-11-16-9-12-18(13-10-16)28(3,26)27/h4-15,20H,1-3H3/b14-11+/t15-,20-/m1/s1. The van der Waals surface area contributed by atoms with Crippen molar-refractivity contribution in [2.45, 2.75) is 23.9 Å². The summed E-state index contributed by atoms with van der Waals surface area (Å²) in [6.45, 7) is 1.91. The Morgan fingerprint density at radius 3 is 2.21 bits per heavy atom. The van der Waals surface area contributed by atoms with E-state index in [-0.39, 0.29) is 23.0 Å². The van der Waals surface area contributed by atoms with Crippen molar-refractivity contribution in [3.63, 3.8) is 0 Å². The Morgan fingerprint density at radius 2 is 1.64 bits per heavy atom. The second kappa shape index (κ2) is 7.59. The maximum absolute atomic E-state index is 12.8. The van der Waals surface area contributed by atoms with E-state index in [1.165, 1.54) is 23.1 Å². The van der Waals surface area contributed by atoms with Gasteiger partial charge in [-0.05, 0) is 36.3 Å². The number of hydrogen-bond donors (Lipinski definition) is 0. The third-order valence-corrected chi connectivity index (χ3v) is 6.09. The zero-order valence-corrected chi connectivity index (χ0v) is 16.8. The van der Waals surface area contributed by atoms with Gasteiger partial charge in [0.05, 0.1) is 17.0 Å². The summed E-state index contributed by atoms with van der Waals surface area (Å²) >= 11 is 0. The largest absolute Gasteiger partial charge is 0.327 e. The van der Waals surface area contributed by atoms with E-state index in [1.54, 1.807) is 30.2 Å². The monoisotopic (exact) mass is 398 g/mol. The first-order valence-electron chi connectivity index (χ1n) is 8.83. The van der Waals surface area contributed by atoms with Gasteiger partial charge in [-0.3, -0.25) is 9.69 Å². The number of likely N-dealkylation sites (N-methyl/N-ethyl adjacent to an activating group) is 1. The number of amides is 3. The Kier molecular flexibility index (Phi) is 5.38. The third kappa shape index (κ3) is 3.84. The number of nitrogens with zero attached hydrogens (tertiary/aromatic N) is 2. The molecule has 0 unspecified atom stereocenters. The van der Waals surface area contributed by atoms with Gasteiger partial charge in [0, 0.05) is 19.4 Å². The molecule has 0 N–H and O–H groups in total. The van der Waals surface area contributed by atoms with E-state index in [0.29, 0.717) is 5.56 Å². The van der Waals surface area contributed by atoms with Crippen molar-refractivity contribution in [1.82, 2.24) is 9.80 Å². The molecule has 3 amide bonds. The fourth-order valence-electron chi connectivity index (χ4n) is 3.27. The number of sulfone groups is 1. The fraction of sp³-hybridized carbons (Fsp3) is 0.238. The predicted molar refractivity (Wildman–Crippen MR) is 107 cm³/mol. The van der Waals surface area contributed by atoms with Crippen LogP contribution in [-0.2, 0) is 14.6 Å². The maximum Gasteiger partial charge on any atom is 0.327 e. The van der Waals surface area contributed by atoms with E-state index in [0.717, 1.165) is 11.8 Å². The van der Waals surface area contributed by atoms with Crippen molar-refractivity contribution >= 4 is 27.9 Å². The van der Waals surface area contributed by atoms with Crippen LogP contribution in [0.15, 0.2) is 65.6 Å². The van der Waals surface area contributed by atoms with E-state index in [2.05, 4.69) is 0 Å². The summed E-state index contributed by atoms with van der Waals surface area (Å²) in [7, 11) is -1.59. The minimum Gasteiger partial charge on any atom is -0.322 e. The lowest BCUT2D eigenvalue weighted by Gasteiger charge is -2.23. The van der Waals surface area contributed by atoms with Gasteiger partial charge >= 0.3 is 6.03 Å². The van der Waals surface area contributed by atoms with Crippen molar-refractivity contribution in [3.05, 3.63) is 71.8 Å². The first-order valence-corrected chi connectivity index (χ1v) is 10.7. The van der Waals surface area contributed by atoms with Crippen LogP contribution in [0.3, 0.4) is 0 Å². The highest BCUT2D eigenvalue weighted by atomic mass is 32.2. The highest BCUT2D eigenvalue weighted by Gasteiger charge is 2.44. The molecule has 3 rings (SSSR count). The highest BCUT2D eigenvalue weighted by molar-refractivity contribution is 7.90. The van der Waals surface area contributed by atoms with E-state index in [9.17, 15) is 18.0 Å². The molecule has 146 valence electrons. The average molecular weight is 398 g/mol. The van der Waals surface area contributed by atoms with Gasteiger partial charge in [0.1, 0.15) is 0 Å². The fourth-order valence-corrected chi connectivity index (χ4v) is 3.90. The number of rotatable bonds is 4. The van der Waals surface area contributed by atoms with E-state index < -0.39 is 15.7 Å². The molecule has 0 spiro atoms. The van der Waals surface area contributed by atoms with Gasteiger partial charge in [0.2, 0.25) is 0 Å². The average Bonchev–Trinajstić information content (AvgIpc) is 2.90. The molecule has 1 aliphatic rings. The molecule has 0 bridgehead atoms. The van der Waals surface area contributed by atoms with Crippen molar-refractivity contribution in [1.29, 1.82) is 0 Å². The molecule has 6 nitrogen and oxygen atoms in total. The number of imide groups is 1. The molecule has 1 aliphatic heterocycles. The molecule has 1 fully saturated rings. The SMILES string of the molecule is C[C@@H]1[C@H](c2ccccc2)N(C(=O)/C=C/c2ccc(S(C)(=O)=O)cc2)C(=O)N1C. The molecular weight excluding hydrogens is 376 g/mol. The van der Waals surface area contributed by atoms with E-state index in [4.69, 9.17) is 0 Å². The second-order valence-electron chi connectivity index (χ2n) is 6.87. The van der Waals surface area contributed by atoms with Crippen LogP contribution in [0, 0.1) is 0 Å². The lowest BCUT2D eigenvalue weighted by molar-refractivity contribution is -0.124. The minimum absolute atomic E-state index is 0.152. The summed E-state index contributed by atoms with van der Waals surface area (Å²) in [5.74, 6) is -0.415. The van der Waals surface area contributed by atoms with Gasteiger partial charge in [-0.2, -0.15) is 0 Å². The number of carbonyl (C=O) groups is 2. The number of urea groups is 1. The Bertz CT molecular complexity index is 1010. The molecule has 0 saturated carbocycles. The number of hydrogen-bond acceptors (Lipinski definition) is 4. The molecule has 0 aromatic heterocycles. The molecule has 2 aromatic carbocycles. The lowest BCUT2D eigenvalue weighted by Crippen LogP contribution is -2.35. The summed E-state index contributed by atoms with van der Waals surface area (Å²) < 4.78 is 23.1. The summed E-state index contributed by atoms with van der Waals surface area (Å²) in [5.41, 5.74) is 1.57. The summed E-state index contributed by atoms with van der Waals surface area (Å²) in [4.78, 5) is 28.5. The van der Waals surface area contributed by atoms with Crippen LogP contribution in [0.5, 0.6) is 0 Å². The summed E-state index contributed by atoms with van der Waals surface area (Å²) in [6.07, 6.45) is 4.06. The third-order valence-electron chi connectivity index (χ3n) is 4.96. The van der Waals surface area contributed by atoms with Crippen molar-refractivity contribution in [3.8, 4) is 0 Å². The highest BCUT2D eigenvalue weighted by Crippen LogP contribution is 2.34. The molecule has 2 atom stereocenters. The smallest absolute Gasteiger partial charge is 0.322 e. The Morgan fingerprint density at radius 1 is 1.04 bits per heavy atom. The Balaban J connectivity index is 1.85. The first-order chi connectivity index (χ1) is 13.2. The zero-order chi connectivity index (χ0) is 20.5. The van der Waals surface area contributed by atoms with Gasteiger partial charge in [0.15, 0.2) is 9.84 Å². The van der Waals surface area contributed by atoms with Gasteiger partial charge in [0.25, 0.3) is 5.91 Å². The van der Waals surface area contributed by atoms with Crippen molar-refractivity contribution in [2.75, 3.05) is 13.3 Å². The van der Waals surface area contributed by atoms with Crippen LogP contribution in [0.4, 0.5) is 4.79 Å². The molecular formula is C21H22N2O4S. The Labute approximate surface area is 165 Å². The second-order valence-corrected chi connectivity index (χ2v) is 8.89. The van der Waals surface area contributed by atoms with Crippen LogP contribution < -0.4 is 0 Å². The van der Waals surface area contributed by atoms with Crippen LogP contribution in [-0.4, -0.2) is 49.5 Å². The quantitative estimate of drug-likeness (QED) is 0.742. The van der Waals surface area contributed by atoms with Crippen LogP contribution in [0.1, 0.15) is 24.1 Å². The van der Waals surface area contributed by atoms with E-state index in [1.807, 2.05) is 37.3 Å². The molecule has 28 heavy (non-hydrogen) atoms. The van der Waals surface area contributed by atoms with Gasteiger partial charge in [-0.25, -0.2) is 13.2 Å². The molecule has 1 heterocycles. The van der Waals surface area contributed by atoms with Crippen LogP contribution >= 0.6 is 0 Å². The number of carbonyl (C=O) groups excluding carboxylic acids is 2. The maximum atomic E-state index is 12.8. The topological polar surface area (TPSA) is 74.8 Å². The molecule has 2 aromatic rings. The number of benzene rings is 2. The summed E-state index contributed by atoms with van der Waals surface area (Å²) in [5, 5.41) is 0. The molecule has 1 saturated heterocycles. The molecule has 7 heteroatoms. The zero-order valence-electron chi connectivity index (χ0n) is 15.9. The molecule has 0 radical (unpaired) electrons. The summed E-state index contributed by atoms with van der Waals surface area (Å²) in [6, 6.07) is 14.8. The first kappa shape index (κ1) is 19.8.